The van der Waals surface area contributed by atoms with Gasteiger partial charge in [0.2, 0.25) is 0 Å². The van der Waals surface area contributed by atoms with Crippen LogP contribution in [0.2, 0.25) is 0 Å². The molecule has 0 aliphatic rings. The summed E-state index contributed by atoms with van der Waals surface area (Å²) in [5.74, 6) is 0. The van der Waals surface area contributed by atoms with Gasteiger partial charge in [0.1, 0.15) is 0 Å². The second kappa shape index (κ2) is 6.79. The van der Waals surface area contributed by atoms with Gasteiger partial charge in [-0.1, -0.05) is 35.9 Å². The molecule has 0 fully saturated rings. The molecule has 2 rings (SSSR count). The number of hydrazone groups is 1. The molecule has 1 N–H and O–H groups in total. The molecule has 7 nitrogen and oxygen atoms in total. The number of hydrogen-bond acceptors (Lipinski definition) is 5. The second-order valence-corrected chi connectivity index (χ2v) is 7.02. The Morgan fingerprint density at radius 3 is 2.33 bits per heavy atom. The van der Waals surface area contributed by atoms with Gasteiger partial charge in [0.15, 0.2) is 0 Å². The molecule has 0 saturated carbocycles. The monoisotopic (exact) mass is 347 g/mol. The molecule has 2 aromatic carbocycles. The Bertz CT molecular complexity index is 903. The van der Waals surface area contributed by atoms with Gasteiger partial charge in [0, 0.05) is 11.6 Å². The first-order valence-corrected chi connectivity index (χ1v) is 8.57. The number of sulfonamides is 1. The normalized spacial score (nSPS) is 12.0. The van der Waals surface area contributed by atoms with E-state index in [9.17, 15) is 18.5 Å². The molecule has 126 valence electrons. The van der Waals surface area contributed by atoms with Crippen LogP contribution in [0.1, 0.15) is 23.6 Å². The number of nitrogens with zero attached hydrogens (tertiary/aromatic N) is 2. The van der Waals surface area contributed by atoms with Crippen molar-refractivity contribution in [1.82, 2.24) is 4.83 Å². The summed E-state index contributed by atoms with van der Waals surface area (Å²) < 4.78 is 24.5. The summed E-state index contributed by atoms with van der Waals surface area (Å²) in [6.45, 7) is 5.16. The number of hydrogen-bond donors (Lipinski definition) is 1. The van der Waals surface area contributed by atoms with Crippen molar-refractivity contribution in [2.24, 2.45) is 5.10 Å². The zero-order valence-electron chi connectivity index (χ0n) is 13.5. The van der Waals surface area contributed by atoms with E-state index in [4.69, 9.17) is 0 Å². The van der Waals surface area contributed by atoms with E-state index in [2.05, 4.69) is 9.93 Å². The zero-order valence-corrected chi connectivity index (χ0v) is 14.3. The third-order valence-electron chi connectivity index (χ3n) is 3.49. The van der Waals surface area contributed by atoms with Crippen LogP contribution in [-0.4, -0.2) is 19.1 Å². The molecule has 0 aliphatic carbocycles. The van der Waals surface area contributed by atoms with E-state index in [1.165, 1.54) is 12.1 Å². The Kier molecular flexibility index (Phi) is 4.99. The van der Waals surface area contributed by atoms with E-state index in [1.54, 1.807) is 13.8 Å². The highest BCUT2D eigenvalue weighted by atomic mass is 32.2. The van der Waals surface area contributed by atoms with Crippen LogP contribution < -0.4 is 4.83 Å². The molecule has 0 aliphatic heterocycles. The first-order chi connectivity index (χ1) is 11.2. The largest absolute Gasteiger partial charge is 0.276 e. The molecule has 0 aromatic heterocycles. The topological polar surface area (TPSA) is 102 Å². The van der Waals surface area contributed by atoms with Gasteiger partial charge in [-0.25, -0.2) is 0 Å². The fourth-order valence-electron chi connectivity index (χ4n) is 1.99. The van der Waals surface area contributed by atoms with Crippen LogP contribution in [0.3, 0.4) is 0 Å². The minimum atomic E-state index is -3.99. The van der Waals surface area contributed by atoms with Crippen LogP contribution in [0.25, 0.3) is 0 Å². The summed E-state index contributed by atoms with van der Waals surface area (Å²) in [4.78, 5) is 12.2. The number of benzene rings is 2. The van der Waals surface area contributed by atoms with E-state index in [1.807, 2.05) is 31.2 Å². The SMILES string of the molecule is C/C(=N\NS(=O)(=O)c1ccc(C)c([N+](=O)[O-])c1)c1ccc(C)cc1. The van der Waals surface area contributed by atoms with Gasteiger partial charge in [-0.2, -0.15) is 18.4 Å². The average molecular weight is 347 g/mol. The van der Waals surface area contributed by atoms with Crippen LogP contribution in [0.5, 0.6) is 0 Å². The molecule has 0 heterocycles. The van der Waals surface area contributed by atoms with Gasteiger partial charge in [-0.15, -0.1) is 0 Å². The minimum Gasteiger partial charge on any atom is -0.258 e. The van der Waals surface area contributed by atoms with E-state index in [-0.39, 0.29) is 10.6 Å². The predicted octanol–water partition coefficient (Wildman–Crippen LogP) is 2.91. The Hall–Kier alpha value is -2.74. The molecule has 0 unspecified atom stereocenters. The van der Waals surface area contributed by atoms with E-state index in [0.717, 1.165) is 17.2 Å². The summed E-state index contributed by atoms with van der Waals surface area (Å²) in [6, 6.07) is 11.2. The fourth-order valence-corrected chi connectivity index (χ4v) is 2.87. The zero-order chi connectivity index (χ0) is 17.9. The minimum absolute atomic E-state index is 0.208. The summed E-state index contributed by atoms with van der Waals surface area (Å²) in [6.07, 6.45) is 0. The van der Waals surface area contributed by atoms with Crippen LogP contribution in [0.15, 0.2) is 52.5 Å². The Balaban J connectivity index is 2.28. The number of aryl methyl sites for hydroxylation is 2. The molecule has 0 amide bonds. The molecular weight excluding hydrogens is 330 g/mol. The lowest BCUT2D eigenvalue weighted by molar-refractivity contribution is -0.385. The van der Waals surface area contributed by atoms with Crippen molar-refractivity contribution in [3.8, 4) is 0 Å². The quantitative estimate of drug-likeness (QED) is 0.510. The first-order valence-electron chi connectivity index (χ1n) is 7.09. The highest BCUT2D eigenvalue weighted by Gasteiger charge is 2.19. The van der Waals surface area contributed by atoms with Crippen LogP contribution in [0.4, 0.5) is 5.69 Å². The molecule has 8 heteroatoms. The third kappa shape index (κ3) is 3.96. The highest BCUT2D eigenvalue weighted by molar-refractivity contribution is 7.89. The summed E-state index contributed by atoms with van der Waals surface area (Å²) in [5.41, 5.74) is 2.48. The van der Waals surface area contributed by atoms with E-state index < -0.39 is 14.9 Å². The lowest BCUT2D eigenvalue weighted by Gasteiger charge is -2.06. The van der Waals surface area contributed by atoms with Crippen LogP contribution >= 0.6 is 0 Å². The molecular formula is C16H17N3O4S. The number of rotatable bonds is 5. The van der Waals surface area contributed by atoms with Crippen molar-refractivity contribution >= 4 is 21.4 Å². The molecule has 24 heavy (non-hydrogen) atoms. The fraction of sp³-hybridized carbons (Fsp3) is 0.188. The van der Waals surface area contributed by atoms with Crippen molar-refractivity contribution < 1.29 is 13.3 Å². The van der Waals surface area contributed by atoms with E-state index >= 15 is 0 Å². The van der Waals surface area contributed by atoms with Crippen molar-refractivity contribution in [3.63, 3.8) is 0 Å². The maximum absolute atomic E-state index is 12.3. The van der Waals surface area contributed by atoms with E-state index in [0.29, 0.717) is 11.3 Å². The Morgan fingerprint density at radius 1 is 1.12 bits per heavy atom. The predicted molar refractivity (Wildman–Crippen MR) is 91.5 cm³/mol. The summed E-state index contributed by atoms with van der Waals surface area (Å²) in [5, 5.41) is 14.8. The van der Waals surface area contributed by atoms with Gasteiger partial charge in [0.25, 0.3) is 15.7 Å². The highest BCUT2D eigenvalue weighted by Crippen LogP contribution is 2.22. The van der Waals surface area contributed by atoms with Crippen LogP contribution in [0, 0.1) is 24.0 Å². The number of nitro groups is 1. The summed E-state index contributed by atoms with van der Waals surface area (Å²) >= 11 is 0. The molecule has 0 radical (unpaired) electrons. The maximum atomic E-state index is 12.3. The van der Waals surface area contributed by atoms with Crippen molar-refractivity contribution in [3.05, 3.63) is 69.3 Å². The lowest BCUT2D eigenvalue weighted by Crippen LogP contribution is -2.20. The lowest BCUT2D eigenvalue weighted by atomic mass is 10.1. The molecule has 2 aromatic rings. The Labute approximate surface area is 140 Å². The molecule has 0 saturated heterocycles. The van der Waals surface area contributed by atoms with Gasteiger partial charge < -0.3 is 0 Å². The maximum Gasteiger partial charge on any atom is 0.276 e. The molecule has 0 bridgehead atoms. The van der Waals surface area contributed by atoms with Gasteiger partial charge >= 0.3 is 0 Å². The Morgan fingerprint density at radius 2 is 1.75 bits per heavy atom. The average Bonchev–Trinajstić information content (AvgIpc) is 2.53. The first kappa shape index (κ1) is 17.6. The number of nitrogens with one attached hydrogen (secondary N) is 1. The second-order valence-electron chi connectivity index (χ2n) is 5.36. The van der Waals surface area contributed by atoms with Crippen molar-refractivity contribution in [1.29, 1.82) is 0 Å². The summed E-state index contributed by atoms with van der Waals surface area (Å²) in [7, 11) is -3.99. The van der Waals surface area contributed by atoms with Crippen molar-refractivity contribution in [2.45, 2.75) is 25.7 Å². The van der Waals surface area contributed by atoms with Crippen molar-refractivity contribution in [2.75, 3.05) is 0 Å². The number of nitro benzene ring substituents is 1. The standard InChI is InChI=1S/C16H17N3O4S/c1-11-4-7-14(8-5-11)13(3)17-18-24(22,23)15-9-6-12(2)16(10-15)19(20)21/h4-10,18H,1-3H3/b17-13+. The third-order valence-corrected chi connectivity index (χ3v) is 4.70. The smallest absolute Gasteiger partial charge is 0.258 e. The van der Waals surface area contributed by atoms with Crippen LogP contribution in [-0.2, 0) is 10.0 Å². The van der Waals surface area contributed by atoms with Gasteiger partial charge in [0.05, 0.1) is 15.5 Å². The van der Waals surface area contributed by atoms with Gasteiger partial charge in [-0.3, -0.25) is 10.1 Å². The molecule has 0 atom stereocenters. The molecule has 0 spiro atoms. The van der Waals surface area contributed by atoms with Gasteiger partial charge in [-0.05, 0) is 32.4 Å².